The van der Waals surface area contributed by atoms with Crippen molar-refractivity contribution in [2.45, 2.75) is 44.9 Å². The first-order valence-corrected chi connectivity index (χ1v) is 13.2. The summed E-state index contributed by atoms with van der Waals surface area (Å²) in [6.07, 6.45) is 9.15. The van der Waals surface area contributed by atoms with Crippen LogP contribution < -0.4 is 5.43 Å². The number of carbonyl (C=O) groups is 1. The zero-order valence-electron chi connectivity index (χ0n) is 19.4. The maximum Gasteiger partial charge on any atom is 0.286 e. The van der Waals surface area contributed by atoms with Crippen molar-refractivity contribution in [3.8, 4) is 5.69 Å². The number of nitrogens with zero attached hydrogens (tertiary/aromatic N) is 3. The van der Waals surface area contributed by atoms with Gasteiger partial charge >= 0.3 is 0 Å². The van der Waals surface area contributed by atoms with Crippen LogP contribution in [-0.2, 0) is 6.42 Å². The lowest BCUT2D eigenvalue weighted by atomic mass is 10.0. The van der Waals surface area contributed by atoms with Crippen LogP contribution in [-0.4, -0.2) is 33.8 Å². The van der Waals surface area contributed by atoms with Crippen LogP contribution in [0.3, 0.4) is 0 Å². The van der Waals surface area contributed by atoms with Gasteiger partial charge in [-0.05, 0) is 86.1 Å². The molecular weight excluding hydrogens is 503 g/mol. The van der Waals surface area contributed by atoms with Gasteiger partial charge in [0.05, 0.1) is 16.4 Å². The van der Waals surface area contributed by atoms with Crippen molar-refractivity contribution < 1.29 is 4.79 Å². The van der Waals surface area contributed by atoms with E-state index in [0.29, 0.717) is 26.4 Å². The SMILES string of the molecule is O=C(NN1CCCCC1)c1nn(-c2cc(Cl)ccc2Cl)c2c1CCCCC2=Cc1ccc(Cl)cc1. The molecular formula is C27H27Cl3N4O. The summed E-state index contributed by atoms with van der Waals surface area (Å²) in [5.74, 6) is -0.173. The van der Waals surface area contributed by atoms with Crippen molar-refractivity contribution >= 4 is 52.4 Å². The number of aromatic nitrogens is 2. The number of hydrogen-bond acceptors (Lipinski definition) is 3. The van der Waals surface area contributed by atoms with Crippen LogP contribution in [0, 0.1) is 0 Å². The molecule has 182 valence electrons. The number of piperidine rings is 1. The second-order valence-corrected chi connectivity index (χ2v) is 10.4. The molecule has 0 bridgehead atoms. The normalized spacial score (nSPS) is 17.7. The average molecular weight is 530 g/mol. The lowest BCUT2D eigenvalue weighted by Gasteiger charge is -2.26. The van der Waals surface area contributed by atoms with Gasteiger partial charge in [-0.3, -0.25) is 10.2 Å². The lowest BCUT2D eigenvalue weighted by molar-refractivity contribution is 0.0743. The Balaban J connectivity index is 1.65. The van der Waals surface area contributed by atoms with Gasteiger partial charge in [0.1, 0.15) is 0 Å². The number of carbonyl (C=O) groups excluding carboxylic acids is 1. The highest BCUT2D eigenvalue weighted by molar-refractivity contribution is 6.34. The Kier molecular flexibility index (Phi) is 7.49. The molecule has 1 amide bonds. The predicted octanol–water partition coefficient (Wildman–Crippen LogP) is 7.23. The molecule has 0 atom stereocenters. The maximum absolute atomic E-state index is 13.5. The summed E-state index contributed by atoms with van der Waals surface area (Å²) in [4.78, 5) is 13.5. The molecule has 5 nitrogen and oxygen atoms in total. The fraction of sp³-hybridized carbons (Fsp3) is 0.333. The maximum atomic E-state index is 13.5. The fourth-order valence-electron chi connectivity index (χ4n) is 4.86. The van der Waals surface area contributed by atoms with Crippen molar-refractivity contribution in [1.29, 1.82) is 0 Å². The lowest BCUT2D eigenvalue weighted by Crippen LogP contribution is -2.45. The molecule has 1 aliphatic carbocycles. The van der Waals surface area contributed by atoms with Gasteiger partial charge in [-0.1, -0.05) is 53.4 Å². The number of benzene rings is 2. The molecule has 5 rings (SSSR count). The number of nitrogens with one attached hydrogen (secondary N) is 1. The third-order valence-electron chi connectivity index (χ3n) is 6.59. The van der Waals surface area contributed by atoms with E-state index < -0.39 is 0 Å². The Morgan fingerprint density at radius 3 is 2.37 bits per heavy atom. The molecule has 1 saturated heterocycles. The number of amides is 1. The summed E-state index contributed by atoms with van der Waals surface area (Å²) in [7, 11) is 0. The molecule has 35 heavy (non-hydrogen) atoms. The summed E-state index contributed by atoms with van der Waals surface area (Å²) in [5, 5.41) is 8.64. The summed E-state index contributed by atoms with van der Waals surface area (Å²) in [5.41, 5.74) is 8.23. The van der Waals surface area contributed by atoms with E-state index >= 15 is 0 Å². The molecule has 0 saturated carbocycles. The molecule has 1 aliphatic heterocycles. The number of halogens is 3. The number of fused-ring (bicyclic) bond motifs is 1. The quantitative estimate of drug-likeness (QED) is 0.363. The van der Waals surface area contributed by atoms with Crippen LogP contribution in [0.4, 0.5) is 0 Å². The van der Waals surface area contributed by atoms with Crippen molar-refractivity contribution in [3.63, 3.8) is 0 Å². The minimum absolute atomic E-state index is 0.173. The Morgan fingerprint density at radius 1 is 0.886 bits per heavy atom. The van der Waals surface area contributed by atoms with Gasteiger partial charge in [0.25, 0.3) is 5.91 Å². The van der Waals surface area contributed by atoms with Crippen molar-refractivity contribution in [2.24, 2.45) is 0 Å². The minimum atomic E-state index is -0.173. The third kappa shape index (κ3) is 5.44. The monoisotopic (exact) mass is 528 g/mol. The number of hydrogen-bond donors (Lipinski definition) is 1. The van der Waals surface area contributed by atoms with Gasteiger partial charge in [0.2, 0.25) is 0 Å². The first-order valence-electron chi connectivity index (χ1n) is 12.1. The minimum Gasteiger partial charge on any atom is -0.283 e. The van der Waals surface area contributed by atoms with Gasteiger partial charge in [-0.15, -0.1) is 0 Å². The largest absolute Gasteiger partial charge is 0.286 e. The van der Waals surface area contributed by atoms with Gasteiger partial charge in [-0.2, -0.15) is 5.10 Å². The van der Waals surface area contributed by atoms with Crippen molar-refractivity contribution in [1.82, 2.24) is 20.2 Å². The van der Waals surface area contributed by atoms with E-state index in [9.17, 15) is 4.79 Å². The first-order chi connectivity index (χ1) is 17.0. The smallest absolute Gasteiger partial charge is 0.283 e. The van der Waals surface area contributed by atoms with Crippen LogP contribution in [0.15, 0.2) is 42.5 Å². The third-order valence-corrected chi connectivity index (χ3v) is 7.40. The van der Waals surface area contributed by atoms with Gasteiger partial charge in [-0.25, -0.2) is 9.69 Å². The second kappa shape index (κ2) is 10.8. The summed E-state index contributed by atoms with van der Waals surface area (Å²) in [6.45, 7) is 1.72. The summed E-state index contributed by atoms with van der Waals surface area (Å²) < 4.78 is 1.81. The van der Waals surface area contributed by atoms with E-state index in [1.807, 2.05) is 34.0 Å². The van der Waals surface area contributed by atoms with E-state index in [0.717, 1.165) is 74.0 Å². The van der Waals surface area contributed by atoms with Gasteiger partial charge < -0.3 is 0 Å². The highest BCUT2D eigenvalue weighted by atomic mass is 35.5. The summed E-state index contributed by atoms with van der Waals surface area (Å²) >= 11 is 19.1. The van der Waals surface area contributed by atoms with E-state index in [4.69, 9.17) is 39.9 Å². The van der Waals surface area contributed by atoms with Crippen molar-refractivity contribution in [3.05, 3.63) is 80.0 Å². The van der Waals surface area contributed by atoms with Crippen LogP contribution in [0.2, 0.25) is 15.1 Å². The molecule has 0 spiro atoms. The topological polar surface area (TPSA) is 50.2 Å². The highest BCUT2D eigenvalue weighted by Gasteiger charge is 2.29. The Morgan fingerprint density at radius 2 is 1.60 bits per heavy atom. The predicted molar refractivity (Wildman–Crippen MR) is 143 cm³/mol. The fourth-order valence-corrected chi connectivity index (χ4v) is 5.35. The number of hydrazine groups is 1. The van der Waals surface area contributed by atoms with Crippen LogP contribution >= 0.6 is 34.8 Å². The van der Waals surface area contributed by atoms with Crippen LogP contribution in [0.5, 0.6) is 0 Å². The zero-order chi connectivity index (χ0) is 24.4. The molecule has 1 fully saturated rings. The Hall–Kier alpha value is -2.31. The highest BCUT2D eigenvalue weighted by Crippen LogP contribution is 2.37. The van der Waals surface area contributed by atoms with Crippen LogP contribution in [0.25, 0.3) is 17.3 Å². The van der Waals surface area contributed by atoms with Crippen LogP contribution in [0.1, 0.15) is 65.8 Å². The van der Waals surface area contributed by atoms with Gasteiger partial charge in [0, 0.05) is 28.7 Å². The molecule has 0 unspecified atom stereocenters. The molecule has 8 heteroatoms. The zero-order valence-corrected chi connectivity index (χ0v) is 21.6. The van der Waals surface area contributed by atoms with Crippen molar-refractivity contribution in [2.75, 3.05) is 13.1 Å². The van der Waals surface area contributed by atoms with E-state index in [-0.39, 0.29) is 5.91 Å². The molecule has 2 heterocycles. The molecule has 1 N–H and O–H groups in total. The summed E-state index contributed by atoms with van der Waals surface area (Å²) in [6, 6.07) is 13.1. The van der Waals surface area contributed by atoms with E-state index in [1.54, 1.807) is 18.2 Å². The molecule has 2 aromatic carbocycles. The molecule has 2 aliphatic rings. The number of allylic oxidation sites excluding steroid dienone is 1. The molecule has 1 aromatic heterocycles. The molecule has 0 radical (unpaired) electrons. The Labute approximate surface area is 220 Å². The molecule has 3 aromatic rings. The van der Waals surface area contributed by atoms with Gasteiger partial charge in [0.15, 0.2) is 5.69 Å². The second-order valence-electron chi connectivity index (χ2n) is 9.10. The van der Waals surface area contributed by atoms with E-state index in [1.165, 1.54) is 6.42 Å². The first kappa shape index (κ1) is 24.4. The standard InChI is InChI=1S/C27H27Cl3N4O/c28-20-10-8-18(9-11-20)16-19-6-2-3-7-22-25(27(35)32-33-14-4-1-5-15-33)31-34(26(19)22)24-17-21(29)12-13-23(24)30/h8-13,16-17H,1-7,14-15H2,(H,32,35). The number of rotatable bonds is 4. The average Bonchev–Trinajstić information content (AvgIpc) is 3.12. The van der Waals surface area contributed by atoms with E-state index in [2.05, 4.69) is 11.5 Å². The Bertz CT molecular complexity index is 1260.